The van der Waals surface area contributed by atoms with Crippen LogP contribution in [0, 0.1) is 13.8 Å². The number of hydrogen-bond acceptors (Lipinski definition) is 6. The maximum atomic E-state index is 12.7. The third-order valence-electron chi connectivity index (χ3n) is 4.17. The zero-order valence-corrected chi connectivity index (χ0v) is 17.5. The highest BCUT2D eigenvalue weighted by Crippen LogP contribution is 2.33. The summed E-state index contributed by atoms with van der Waals surface area (Å²) in [5.41, 5.74) is 1.31. The van der Waals surface area contributed by atoms with Crippen LogP contribution in [0.1, 0.15) is 36.3 Å². The number of aryl methyl sites for hydroxylation is 2. The van der Waals surface area contributed by atoms with Crippen LogP contribution in [-0.4, -0.2) is 30.1 Å². The minimum absolute atomic E-state index is 0.00686. The summed E-state index contributed by atoms with van der Waals surface area (Å²) in [4.78, 5) is 29.8. The van der Waals surface area contributed by atoms with E-state index in [0.29, 0.717) is 16.3 Å². The van der Waals surface area contributed by atoms with E-state index in [2.05, 4.69) is 15.0 Å². The van der Waals surface area contributed by atoms with E-state index in [4.69, 9.17) is 4.74 Å². The highest BCUT2D eigenvalue weighted by Gasteiger charge is 2.33. The number of nitrogens with one attached hydrogen (secondary N) is 1. The summed E-state index contributed by atoms with van der Waals surface area (Å²) in [6, 6.07) is 9.54. The van der Waals surface area contributed by atoms with Crippen LogP contribution < -0.4 is 14.8 Å². The van der Waals surface area contributed by atoms with Crippen LogP contribution in [0.25, 0.3) is 0 Å². The molecule has 0 aliphatic carbocycles. The molecule has 0 spiro atoms. The molecule has 0 bridgehead atoms. The van der Waals surface area contributed by atoms with Gasteiger partial charge in [0.05, 0.1) is 17.8 Å². The molecule has 162 valence electrons. The monoisotopic (exact) mass is 450 g/mol. The molecule has 3 aromatic rings. The molecule has 31 heavy (non-hydrogen) atoms. The summed E-state index contributed by atoms with van der Waals surface area (Å²) < 4.78 is 46.6. The van der Waals surface area contributed by atoms with Crippen molar-refractivity contribution in [2.24, 2.45) is 0 Å². The van der Waals surface area contributed by atoms with Crippen LogP contribution in [0.2, 0.25) is 0 Å². The van der Waals surface area contributed by atoms with Crippen molar-refractivity contribution in [2.45, 2.75) is 20.2 Å². The molecule has 0 radical (unpaired) electrons. The van der Waals surface area contributed by atoms with Gasteiger partial charge < -0.3 is 14.8 Å². The number of hydrogen-bond donors (Lipinski definition) is 1. The molecule has 2 aromatic carbocycles. The van der Waals surface area contributed by atoms with Crippen molar-refractivity contribution >= 4 is 28.7 Å². The van der Waals surface area contributed by atoms with Gasteiger partial charge in [-0.05, 0) is 56.3 Å². The standard InChI is InChI=1S/C21H17F3N2O4S/c1-11-19(31-12(2)25-11)20(28)26-15-7-4-13(5-8-15)18(27)14-6-9-16(29-3)17(10-14)30-21(22,23)24/h4-10H,1-3H3,(H,26,28). The van der Waals surface area contributed by atoms with Gasteiger partial charge in [0.2, 0.25) is 0 Å². The van der Waals surface area contributed by atoms with Crippen LogP contribution in [0.15, 0.2) is 42.5 Å². The number of rotatable bonds is 6. The van der Waals surface area contributed by atoms with E-state index < -0.39 is 17.9 Å². The maximum Gasteiger partial charge on any atom is 0.573 e. The predicted molar refractivity (Wildman–Crippen MR) is 109 cm³/mol. The average Bonchev–Trinajstić information content (AvgIpc) is 3.05. The Balaban J connectivity index is 1.78. The molecule has 1 heterocycles. The first kappa shape index (κ1) is 22.3. The van der Waals surface area contributed by atoms with Crippen LogP contribution >= 0.6 is 11.3 Å². The molecular weight excluding hydrogens is 433 g/mol. The molecule has 0 saturated heterocycles. The van der Waals surface area contributed by atoms with E-state index in [9.17, 15) is 22.8 Å². The Bertz CT molecular complexity index is 1120. The minimum atomic E-state index is -4.93. The van der Waals surface area contributed by atoms with E-state index in [1.165, 1.54) is 54.8 Å². The van der Waals surface area contributed by atoms with E-state index in [-0.39, 0.29) is 22.8 Å². The molecule has 1 aromatic heterocycles. The first-order chi connectivity index (χ1) is 14.6. The molecule has 6 nitrogen and oxygen atoms in total. The Morgan fingerprint density at radius 1 is 1.00 bits per heavy atom. The van der Waals surface area contributed by atoms with Crippen molar-refractivity contribution in [2.75, 3.05) is 12.4 Å². The van der Waals surface area contributed by atoms with Gasteiger partial charge in [-0.25, -0.2) is 4.98 Å². The molecule has 1 N–H and O–H groups in total. The van der Waals surface area contributed by atoms with Gasteiger partial charge in [0.1, 0.15) is 4.88 Å². The topological polar surface area (TPSA) is 77.5 Å². The van der Waals surface area contributed by atoms with Crippen molar-refractivity contribution in [1.29, 1.82) is 0 Å². The van der Waals surface area contributed by atoms with Gasteiger partial charge in [0, 0.05) is 16.8 Å². The van der Waals surface area contributed by atoms with Crippen molar-refractivity contribution in [3.63, 3.8) is 0 Å². The molecule has 10 heteroatoms. The fraction of sp³-hybridized carbons (Fsp3) is 0.190. The number of nitrogens with zero attached hydrogens (tertiary/aromatic N) is 1. The molecule has 3 rings (SSSR count). The molecular formula is C21H17F3N2O4S. The number of halogens is 3. The summed E-state index contributed by atoms with van der Waals surface area (Å²) in [5, 5.41) is 3.50. The number of aromatic nitrogens is 1. The van der Waals surface area contributed by atoms with Crippen molar-refractivity contribution < 1.29 is 32.2 Å². The summed E-state index contributed by atoms with van der Waals surface area (Å²) in [7, 11) is 1.20. The van der Waals surface area contributed by atoms with E-state index in [1.807, 2.05) is 0 Å². The first-order valence-electron chi connectivity index (χ1n) is 8.91. The number of carbonyl (C=O) groups excluding carboxylic acids is 2. The fourth-order valence-corrected chi connectivity index (χ4v) is 3.64. The SMILES string of the molecule is COc1ccc(C(=O)c2ccc(NC(=O)c3sc(C)nc3C)cc2)cc1OC(F)(F)F. The van der Waals surface area contributed by atoms with Gasteiger partial charge in [-0.15, -0.1) is 24.5 Å². The summed E-state index contributed by atoms with van der Waals surface area (Å²) >= 11 is 1.28. The zero-order valence-electron chi connectivity index (χ0n) is 16.7. The van der Waals surface area contributed by atoms with Gasteiger partial charge in [-0.2, -0.15) is 0 Å². The molecule has 0 saturated carbocycles. The Hall–Kier alpha value is -3.40. The number of thiazole rings is 1. The third kappa shape index (κ3) is 5.40. The number of anilines is 1. The van der Waals surface area contributed by atoms with Crippen LogP contribution in [-0.2, 0) is 0 Å². The minimum Gasteiger partial charge on any atom is -0.493 e. The quantitative estimate of drug-likeness (QED) is 0.526. The van der Waals surface area contributed by atoms with Gasteiger partial charge in [0.25, 0.3) is 5.91 Å². The number of benzene rings is 2. The zero-order chi connectivity index (χ0) is 22.8. The lowest BCUT2D eigenvalue weighted by atomic mass is 10.0. The van der Waals surface area contributed by atoms with Gasteiger partial charge in [-0.3, -0.25) is 9.59 Å². The molecule has 0 fully saturated rings. The summed E-state index contributed by atoms with van der Waals surface area (Å²) in [6.45, 7) is 3.55. The second-order valence-electron chi connectivity index (χ2n) is 6.42. The number of methoxy groups -OCH3 is 1. The average molecular weight is 450 g/mol. The number of carbonyl (C=O) groups is 2. The lowest BCUT2D eigenvalue weighted by Crippen LogP contribution is -2.18. The van der Waals surface area contributed by atoms with Crippen molar-refractivity contribution in [1.82, 2.24) is 4.98 Å². The lowest BCUT2D eigenvalue weighted by molar-refractivity contribution is -0.275. The van der Waals surface area contributed by atoms with Gasteiger partial charge >= 0.3 is 6.36 Å². The van der Waals surface area contributed by atoms with E-state index in [1.54, 1.807) is 13.8 Å². The highest BCUT2D eigenvalue weighted by molar-refractivity contribution is 7.13. The number of ketones is 1. The molecule has 0 unspecified atom stereocenters. The molecule has 0 atom stereocenters. The second kappa shape index (κ2) is 8.76. The lowest BCUT2D eigenvalue weighted by Gasteiger charge is -2.13. The number of amides is 1. The molecule has 0 aliphatic heterocycles. The third-order valence-corrected chi connectivity index (χ3v) is 5.24. The normalized spacial score (nSPS) is 11.2. The predicted octanol–water partition coefficient (Wildman–Crippen LogP) is 5.15. The smallest absolute Gasteiger partial charge is 0.493 e. The second-order valence-corrected chi connectivity index (χ2v) is 7.62. The fourth-order valence-electron chi connectivity index (χ4n) is 2.82. The maximum absolute atomic E-state index is 12.7. The van der Waals surface area contributed by atoms with Crippen LogP contribution in [0.4, 0.5) is 18.9 Å². The van der Waals surface area contributed by atoms with Gasteiger partial charge in [0.15, 0.2) is 17.3 Å². The summed E-state index contributed by atoms with van der Waals surface area (Å²) in [5.74, 6) is -1.59. The highest BCUT2D eigenvalue weighted by atomic mass is 32.1. The Morgan fingerprint density at radius 3 is 2.19 bits per heavy atom. The number of alkyl halides is 3. The van der Waals surface area contributed by atoms with Crippen molar-refractivity contribution in [3.8, 4) is 11.5 Å². The first-order valence-corrected chi connectivity index (χ1v) is 9.73. The van der Waals surface area contributed by atoms with Crippen LogP contribution in [0.3, 0.4) is 0 Å². The van der Waals surface area contributed by atoms with E-state index in [0.717, 1.165) is 11.1 Å². The molecule has 1 amide bonds. The largest absolute Gasteiger partial charge is 0.573 e. The Kier molecular flexibility index (Phi) is 6.30. The van der Waals surface area contributed by atoms with Crippen molar-refractivity contribution in [3.05, 3.63) is 69.2 Å². The number of ether oxygens (including phenoxy) is 2. The summed E-state index contributed by atoms with van der Waals surface area (Å²) in [6.07, 6.45) is -4.93. The van der Waals surface area contributed by atoms with Crippen LogP contribution in [0.5, 0.6) is 11.5 Å². The molecule has 0 aliphatic rings. The Morgan fingerprint density at radius 2 is 1.65 bits per heavy atom. The Labute approximate surface area is 179 Å². The van der Waals surface area contributed by atoms with E-state index >= 15 is 0 Å². The van der Waals surface area contributed by atoms with Gasteiger partial charge in [-0.1, -0.05) is 0 Å².